The maximum atomic E-state index is 11.7. The molecular weight excluding hydrogens is 322 g/mol. The summed E-state index contributed by atoms with van der Waals surface area (Å²) in [5.41, 5.74) is 1.08. The lowest BCUT2D eigenvalue weighted by atomic mass is 10.0. The van der Waals surface area contributed by atoms with Crippen molar-refractivity contribution in [3.05, 3.63) is 28.2 Å². The van der Waals surface area contributed by atoms with Crippen LogP contribution in [0.25, 0.3) is 0 Å². The number of nitrogens with one attached hydrogen (secondary N) is 1. The number of methoxy groups -OCH3 is 1. The van der Waals surface area contributed by atoms with Crippen LogP contribution in [0.3, 0.4) is 0 Å². The molecule has 1 atom stereocenters. The van der Waals surface area contributed by atoms with Crippen molar-refractivity contribution in [2.24, 2.45) is 0 Å². The molecule has 0 aromatic heterocycles. The molecule has 20 heavy (non-hydrogen) atoms. The van der Waals surface area contributed by atoms with E-state index in [9.17, 15) is 4.79 Å². The summed E-state index contributed by atoms with van der Waals surface area (Å²) in [4.78, 5) is 11.7. The van der Waals surface area contributed by atoms with Gasteiger partial charge in [0.1, 0.15) is 5.75 Å². The zero-order valence-electron chi connectivity index (χ0n) is 12.4. The first-order valence-corrected chi connectivity index (χ1v) is 7.44. The van der Waals surface area contributed by atoms with Crippen LogP contribution in [0.4, 0.5) is 0 Å². The Balaban J connectivity index is 2.59. The van der Waals surface area contributed by atoms with Gasteiger partial charge in [-0.25, -0.2) is 0 Å². The van der Waals surface area contributed by atoms with E-state index < -0.39 is 0 Å². The lowest BCUT2D eigenvalue weighted by Gasteiger charge is -2.16. The first-order chi connectivity index (χ1) is 9.43. The van der Waals surface area contributed by atoms with Gasteiger partial charge in [0.05, 0.1) is 6.61 Å². The first kappa shape index (κ1) is 17.0. The van der Waals surface area contributed by atoms with Crippen LogP contribution in [0.2, 0.25) is 0 Å². The molecule has 0 spiro atoms. The molecule has 1 rings (SSSR count). The van der Waals surface area contributed by atoms with Crippen molar-refractivity contribution in [3.63, 3.8) is 0 Å². The van der Waals surface area contributed by atoms with E-state index >= 15 is 0 Å². The van der Waals surface area contributed by atoms with Crippen LogP contribution in [-0.4, -0.2) is 32.3 Å². The normalized spacial score (nSPS) is 12.3. The average molecular weight is 344 g/mol. The molecule has 0 heterocycles. The van der Waals surface area contributed by atoms with Gasteiger partial charge in [-0.3, -0.25) is 4.79 Å². The van der Waals surface area contributed by atoms with Crippen molar-refractivity contribution in [3.8, 4) is 5.75 Å². The van der Waals surface area contributed by atoms with Crippen LogP contribution in [0, 0.1) is 0 Å². The van der Waals surface area contributed by atoms with Crippen molar-refractivity contribution in [2.75, 3.05) is 20.3 Å². The maximum Gasteiger partial charge on any atom is 0.258 e. The van der Waals surface area contributed by atoms with Gasteiger partial charge in [0.2, 0.25) is 0 Å². The number of benzene rings is 1. The molecule has 5 heteroatoms. The van der Waals surface area contributed by atoms with E-state index in [2.05, 4.69) is 35.1 Å². The molecule has 1 N–H and O–H groups in total. The Labute approximate surface area is 129 Å². The molecule has 4 nitrogen and oxygen atoms in total. The maximum absolute atomic E-state index is 11.7. The summed E-state index contributed by atoms with van der Waals surface area (Å²) in [5, 5.41) is 2.81. The lowest BCUT2D eigenvalue weighted by Crippen LogP contribution is -2.38. The fraction of sp³-hybridized carbons (Fsp3) is 0.533. The summed E-state index contributed by atoms with van der Waals surface area (Å²) in [6.07, 6.45) is 0. The summed E-state index contributed by atoms with van der Waals surface area (Å²) >= 11 is 3.45. The molecular formula is C15H22BrNO3. The van der Waals surface area contributed by atoms with Crippen LogP contribution < -0.4 is 10.1 Å². The van der Waals surface area contributed by atoms with Gasteiger partial charge in [-0.05, 0) is 36.6 Å². The summed E-state index contributed by atoms with van der Waals surface area (Å²) < 4.78 is 11.6. The standard InChI is InChI=1S/C15H22BrNO3/c1-10(2)13-7-12(16)5-6-14(13)20-9-15(18)17-11(3)8-19-4/h5-7,10-11H,8-9H2,1-4H3,(H,17,18). The molecule has 0 aliphatic rings. The molecule has 1 aromatic carbocycles. The zero-order chi connectivity index (χ0) is 15.1. The Kier molecular flexibility index (Phi) is 7.02. The smallest absolute Gasteiger partial charge is 0.258 e. The molecule has 112 valence electrons. The number of hydrogen-bond donors (Lipinski definition) is 1. The van der Waals surface area contributed by atoms with Crippen LogP contribution in [0.1, 0.15) is 32.3 Å². The van der Waals surface area contributed by atoms with Gasteiger partial charge in [-0.2, -0.15) is 0 Å². The van der Waals surface area contributed by atoms with E-state index in [1.54, 1.807) is 7.11 Å². The molecule has 0 saturated heterocycles. The van der Waals surface area contributed by atoms with Crippen molar-refractivity contribution >= 4 is 21.8 Å². The molecule has 1 unspecified atom stereocenters. The highest BCUT2D eigenvalue weighted by atomic mass is 79.9. The van der Waals surface area contributed by atoms with Crippen LogP contribution >= 0.6 is 15.9 Å². The molecule has 0 radical (unpaired) electrons. The summed E-state index contributed by atoms with van der Waals surface area (Å²) in [6, 6.07) is 5.79. The average Bonchev–Trinajstić information content (AvgIpc) is 2.37. The third-order valence-electron chi connectivity index (χ3n) is 2.78. The monoisotopic (exact) mass is 343 g/mol. The fourth-order valence-electron chi connectivity index (χ4n) is 1.85. The molecule has 0 bridgehead atoms. The molecule has 1 amide bonds. The van der Waals surface area contributed by atoms with Gasteiger partial charge in [-0.1, -0.05) is 29.8 Å². The van der Waals surface area contributed by atoms with E-state index in [-0.39, 0.29) is 18.6 Å². The Hall–Kier alpha value is -1.07. The van der Waals surface area contributed by atoms with Crippen molar-refractivity contribution in [1.29, 1.82) is 0 Å². The van der Waals surface area contributed by atoms with E-state index in [0.29, 0.717) is 12.5 Å². The minimum Gasteiger partial charge on any atom is -0.483 e. The van der Waals surface area contributed by atoms with Gasteiger partial charge in [0.25, 0.3) is 5.91 Å². The third-order valence-corrected chi connectivity index (χ3v) is 3.27. The Bertz CT molecular complexity index is 449. The molecule has 0 fully saturated rings. The minimum atomic E-state index is -0.146. The number of carbonyl (C=O) groups excluding carboxylic acids is 1. The van der Waals surface area contributed by atoms with Crippen LogP contribution in [-0.2, 0) is 9.53 Å². The van der Waals surface area contributed by atoms with Gasteiger partial charge >= 0.3 is 0 Å². The number of amides is 1. The SMILES string of the molecule is COCC(C)NC(=O)COc1ccc(Br)cc1C(C)C. The highest BCUT2D eigenvalue weighted by molar-refractivity contribution is 9.10. The van der Waals surface area contributed by atoms with E-state index in [4.69, 9.17) is 9.47 Å². The van der Waals surface area contributed by atoms with Crippen LogP contribution in [0.5, 0.6) is 5.75 Å². The molecule has 0 aliphatic heterocycles. The molecule has 0 aliphatic carbocycles. The zero-order valence-corrected chi connectivity index (χ0v) is 14.0. The van der Waals surface area contributed by atoms with Crippen molar-refractivity contribution in [1.82, 2.24) is 5.32 Å². The second-order valence-corrected chi connectivity index (χ2v) is 5.97. The van der Waals surface area contributed by atoms with Gasteiger partial charge < -0.3 is 14.8 Å². The summed E-state index contributed by atoms with van der Waals surface area (Å²) in [6.45, 7) is 6.57. The molecule has 0 saturated carbocycles. The van der Waals surface area contributed by atoms with Gasteiger partial charge in [0, 0.05) is 17.6 Å². The Morgan fingerprint density at radius 2 is 2.05 bits per heavy atom. The molecule has 1 aromatic rings. The number of carbonyl (C=O) groups is 1. The van der Waals surface area contributed by atoms with E-state index in [0.717, 1.165) is 15.8 Å². The highest BCUT2D eigenvalue weighted by Crippen LogP contribution is 2.29. The second kappa shape index (κ2) is 8.27. The summed E-state index contributed by atoms with van der Waals surface area (Å²) in [5.74, 6) is 0.933. The first-order valence-electron chi connectivity index (χ1n) is 6.64. The van der Waals surface area contributed by atoms with E-state index in [1.165, 1.54) is 0 Å². The van der Waals surface area contributed by atoms with Crippen molar-refractivity contribution in [2.45, 2.75) is 32.7 Å². The fourth-order valence-corrected chi connectivity index (χ4v) is 2.23. The predicted octanol–water partition coefficient (Wildman–Crippen LogP) is 3.10. The minimum absolute atomic E-state index is 0.00933. The van der Waals surface area contributed by atoms with Gasteiger partial charge in [-0.15, -0.1) is 0 Å². The lowest BCUT2D eigenvalue weighted by molar-refractivity contribution is -0.124. The summed E-state index contributed by atoms with van der Waals surface area (Å²) in [7, 11) is 1.61. The number of rotatable bonds is 7. The highest BCUT2D eigenvalue weighted by Gasteiger charge is 2.12. The van der Waals surface area contributed by atoms with E-state index in [1.807, 2.05) is 25.1 Å². The number of halogens is 1. The van der Waals surface area contributed by atoms with Gasteiger partial charge in [0.15, 0.2) is 6.61 Å². The Morgan fingerprint density at radius 1 is 1.35 bits per heavy atom. The number of hydrogen-bond acceptors (Lipinski definition) is 3. The largest absolute Gasteiger partial charge is 0.483 e. The topological polar surface area (TPSA) is 47.6 Å². The van der Waals surface area contributed by atoms with Crippen LogP contribution in [0.15, 0.2) is 22.7 Å². The second-order valence-electron chi connectivity index (χ2n) is 5.05. The third kappa shape index (κ3) is 5.51. The number of ether oxygens (including phenoxy) is 2. The van der Waals surface area contributed by atoms with Crippen molar-refractivity contribution < 1.29 is 14.3 Å². The predicted molar refractivity (Wildman–Crippen MR) is 83.2 cm³/mol. The Morgan fingerprint density at radius 3 is 2.65 bits per heavy atom. The quantitative estimate of drug-likeness (QED) is 0.827.